The van der Waals surface area contributed by atoms with Gasteiger partial charge in [-0.05, 0) is 29.6 Å². The molecule has 1 aromatic carbocycles. The van der Waals surface area contributed by atoms with Crippen LogP contribution in [0.25, 0.3) is 11.0 Å². The lowest BCUT2D eigenvalue weighted by Crippen LogP contribution is -2.13. The van der Waals surface area contributed by atoms with E-state index in [-0.39, 0.29) is 11.3 Å². The van der Waals surface area contributed by atoms with Gasteiger partial charge in [-0.15, -0.1) is 11.3 Å². The van der Waals surface area contributed by atoms with Gasteiger partial charge in [0.15, 0.2) is 11.3 Å². The van der Waals surface area contributed by atoms with Gasteiger partial charge in [-0.1, -0.05) is 22.0 Å². The number of carbonyl (C=O) groups excluding carboxylic acids is 1. The van der Waals surface area contributed by atoms with Gasteiger partial charge in [0, 0.05) is 9.86 Å². The monoisotopic (exact) mass is 394 g/mol. The van der Waals surface area contributed by atoms with Gasteiger partial charge in [0.05, 0.1) is 0 Å². The van der Waals surface area contributed by atoms with Crippen LogP contribution in [0, 0.1) is 0 Å². The number of fused-ring (bicyclic) bond motifs is 1. The summed E-state index contributed by atoms with van der Waals surface area (Å²) in [7, 11) is 0. The van der Waals surface area contributed by atoms with Gasteiger partial charge in [0.2, 0.25) is 0 Å². The molecule has 0 bridgehead atoms. The molecule has 1 N–H and O–H groups in total. The van der Waals surface area contributed by atoms with Gasteiger partial charge in [-0.25, -0.2) is 14.4 Å². The normalized spacial score (nSPS) is 10.7. The van der Waals surface area contributed by atoms with Crippen molar-refractivity contribution >= 4 is 50.2 Å². The molecule has 23 heavy (non-hydrogen) atoms. The summed E-state index contributed by atoms with van der Waals surface area (Å²) < 4.78 is 10.8. The average molecular weight is 395 g/mol. The minimum Gasteiger partial charge on any atom is -0.477 e. The fourth-order valence-electron chi connectivity index (χ4n) is 1.94. The third-order valence-corrected chi connectivity index (χ3v) is 4.23. The number of halogens is 1. The van der Waals surface area contributed by atoms with Crippen molar-refractivity contribution in [2.75, 3.05) is 0 Å². The second-order valence-electron chi connectivity index (χ2n) is 4.44. The van der Waals surface area contributed by atoms with Crippen molar-refractivity contribution < 1.29 is 23.8 Å². The second kappa shape index (κ2) is 5.98. The highest BCUT2D eigenvalue weighted by atomic mass is 79.9. The van der Waals surface area contributed by atoms with Crippen molar-refractivity contribution in [2.45, 2.75) is 0 Å². The van der Waals surface area contributed by atoms with E-state index >= 15 is 0 Å². The average Bonchev–Trinajstić information content (AvgIpc) is 3.01. The number of carboxylic acids is 1. The zero-order valence-corrected chi connectivity index (χ0v) is 13.6. The Labute approximate surface area is 141 Å². The van der Waals surface area contributed by atoms with Crippen molar-refractivity contribution in [3.8, 4) is 5.75 Å². The minimum atomic E-state index is -1.39. The first-order valence-corrected chi connectivity index (χ1v) is 7.89. The summed E-state index contributed by atoms with van der Waals surface area (Å²) in [6, 6.07) is 7.52. The molecular weight excluding hydrogens is 388 g/mol. The Bertz CT molecular complexity index is 974. The van der Waals surface area contributed by atoms with E-state index in [1.165, 1.54) is 23.5 Å². The molecular formula is C15H7BrO6S. The molecule has 0 saturated heterocycles. The summed E-state index contributed by atoms with van der Waals surface area (Å²) in [6.45, 7) is 0. The van der Waals surface area contributed by atoms with Crippen LogP contribution in [0.1, 0.15) is 20.0 Å². The number of hydrogen-bond acceptors (Lipinski definition) is 6. The Hall–Kier alpha value is -2.45. The van der Waals surface area contributed by atoms with Crippen LogP contribution in [0.15, 0.2) is 49.4 Å². The number of esters is 1. The maximum Gasteiger partial charge on any atom is 0.353 e. The van der Waals surface area contributed by atoms with Crippen LogP contribution in [0.3, 0.4) is 0 Å². The Morgan fingerprint density at radius 2 is 2.04 bits per heavy atom. The third kappa shape index (κ3) is 3.03. The van der Waals surface area contributed by atoms with E-state index in [0.717, 1.165) is 0 Å². The smallest absolute Gasteiger partial charge is 0.353 e. The molecule has 0 amide bonds. The molecule has 8 heteroatoms. The fourth-order valence-corrected chi connectivity index (χ4v) is 2.99. The molecule has 0 unspecified atom stereocenters. The third-order valence-electron chi connectivity index (χ3n) is 2.92. The first kappa shape index (κ1) is 15.4. The number of benzene rings is 1. The van der Waals surface area contributed by atoms with Crippen LogP contribution in [-0.4, -0.2) is 17.0 Å². The zero-order valence-electron chi connectivity index (χ0n) is 11.2. The molecule has 116 valence electrons. The van der Waals surface area contributed by atoms with Crippen LogP contribution in [-0.2, 0) is 0 Å². The lowest BCUT2D eigenvalue weighted by Gasteiger charge is -2.07. The topological polar surface area (TPSA) is 93.8 Å². The Morgan fingerprint density at radius 1 is 1.26 bits per heavy atom. The number of ether oxygens (including phenoxy) is 1. The lowest BCUT2D eigenvalue weighted by atomic mass is 10.2. The molecule has 0 radical (unpaired) electrons. The summed E-state index contributed by atoms with van der Waals surface area (Å²) in [5, 5.41) is 11.0. The Morgan fingerprint density at radius 3 is 2.70 bits per heavy atom. The molecule has 0 aliphatic carbocycles. The lowest BCUT2D eigenvalue weighted by molar-refractivity contribution is 0.0688. The van der Waals surface area contributed by atoms with Gasteiger partial charge in [0.1, 0.15) is 10.4 Å². The van der Waals surface area contributed by atoms with E-state index in [2.05, 4.69) is 15.9 Å². The van der Waals surface area contributed by atoms with E-state index < -0.39 is 23.1 Å². The predicted molar refractivity (Wildman–Crippen MR) is 86.4 cm³/mol. The second-order valence-corrected chi connectivity index (χ2v) is 6.31. The van der Waals surface area contributed by atoms with Crippen LogP contribution in [0.2, 0.25) is 0 Å². The van der Waals surface area contributed by atoms with E-state index in [1.807, 2.05) is 0 Å². The van der Waals surface area contributed by atoms with Crippen LogP contribution in [0.5, 0.6) is 5.75 Å². The Balaban J connectivity index is 2.13. The summed E-state index contributed by atoms with van der Waals surface area (Å²) >= 11 is 4.46. The van der Waals surface area contributed by atoms with E-state index in [0.29, 0.717) is 14.7 Å². The van der Waals surface area contributed by atoms with Crippen LogP contribution in [0.4, 0.5) is 0 Å². The summed E-state index contributed by atoms with van der Waals surface area (Å²) in [6.07, 6.45) is 0. The number of carboxylic acid groups (broad SMARTS) is 1. The van der Waals surface area contributed by atoms with Crippen LogP contribution < -0.4 is 10.4 Å². The maximum absolute atomic E-state index is 12.0. The summed E-state index contributed by atoms with van der Waals surface area (Å²) in [5.41, 5.74) is -1.50. The van der Waals surface area contributed by atoms with E-state index in [9.17, 15) is 14.4 Å². The minimum absolute atomic E-state index is 0.00751. The number of aromatic carboxylic acids is 1. The predicted octanol–water partition coefficient (Wildman–Crippen LogP) is 3.53. The van der Waals surface area contributed by atoms with Gasteiger partial charge in [-0.3, -0.25) is 0 Å². The molecule has 3 rings (SSSR count). The van der Waals surface area contributed by atoms with Gasteiger partial charge < -0.3 is 14.3 Å². The SMILES string of the molecule is O=C(Oc1cc(Br)cc2cc(C(=O)O)c(=O)oc12)c1cccs1. The maximum atomic E-state index is 12.0. The van der Waals surface area contributed by atoms with Gasteiger partial charge in [0.25, 0.3) is 0 Å². The van der Waals surface area contributed by atoms with Crippen molar-refractivity contribution in [3.63, 3.8) is 0 Å². The molecule has 0 aliphatic heterocycles. The van der Waals surface area contributed by atoms with Crippen molar-refractivity contribution in [2.24, 2.45) is 0 Å². The number of thiophene rings is 1. The molecule has 0 aliphatic rings. The molecule has 6 nitrogen and oxygen atoms in total. The largest absolute Gasteiger partial charge is 0.477 e. The molecule has 2 aromatic heterocycles. The highest BCUT2D eigenvalue weighted by molar-refractivity contribution is 9.10. The van der Waals surface area contributed by atoms with Crippen molar-refractivity contribution in [1.29, 1.82) is 0 Å². The van der Waals surface area contributed by atoms with Gasteiger partial charge in [-0.2, -0.15) is 0 Å². The highest BCUT2D eigenvalue weighted by Crippen LogP contribution is 2.30. The van der Waals surface area contributed by atoms with E-state index in [1.54, 1.807) is 23.6 Å². The molecule has 3 aromatic rings. The molecule has 0 fully saturated rings. The summed E-state index contributed by atoms with van der Waals surface area (Å²) in [5.74, 6) is -1.95. The van der Waals surface area contributed by atoms with Crippen LogP contribution >= 0.6 is 27.3 Å². The number of hydrogen-bond donors (Lipinski definition) is 1. The fraction of sp³-hybridized carbons (Fsp3) is 0. The molecule has 2 heterocycles. The van der Waals surface area contributed by atoms with Crippen molar-refractivity contribution in [3.05, 3.63) is 61.0 Å². The zero-order chi connectivity index (χ0) is 16.6. The van der Waals surface area contributed by atoms with E-state index in [4.69, 9.17) is 14.3 Å². The number of rotatable bonds is 3. The quantitative estimate of drug-likeness (QED) is 0.414. The molecule has 0 spiro atoms. The number of carbonyl (C=O) groups is 2. The molecule has 0 atom stereocenters. The molecule has 0 saturated carbocycles. The summed E-state index contributed by atoms with van der Waals surface area (Å²) in [4.78, 5) is 35.2. The first-order valence-electron chi connectivity index (χ1n) is 6.22. The highest BCUT2D eigenvalue weighted by Gasteiger charge is 2.18. The van der Waals surface area contributed by atoms with Gasteiger partial charge >= 0.3 is 17.6 Å². The Kier molecular flexibility index (Phi) is 4.01. The van der Waals surface area contributed by atoms with Crippen molar-refractivity contribution in [1.82, 2.24) is 0 Å². The standard InChI is InChI=1S/C15H7BrO6S/c16-8-4-7-5-9(13(17)18)14(19)22-12(7)10(6-8)21-15(20)11-2-1-3-23-11/h1-6H,(H,17,18). The first-order chi connectivity index (χ1) is 11.0.